The van der Waals surface area contributed by atoms with Crippen molar-refractivity contribution in [3.8, 4) is 0 Å². The first-order valence-electron chi connectivity index (χ1n) is 8.07. The van der Waals surface area contributed by atoms with Gasteiger partial charge in [-0.2, -0.15) is 0 Å². The van der Waals surface area contributed by atoms with Crippen LogP contribution in [0.25, 0.3) is 0 Å². The van der Waals surface area contributed by atoms with E-state index in [0.29, 0.717) is 18.3 Å². The molecule has 0 N–H and O–H groups in total. The van der Waals surface area contributed by atoms with Gasteiger partial charge in [0.05, 0.1) is 0 Å². The smallest absolute Gasteiger partial charge is 0.303 e. The number of Topliss-reactive ketones (excluding diaryl/α,β-unsaturated/α-hetero) is 1. The van der Waals surface area contributed by atoms with Gasteiger partial charge in [0, 0.05) is 18.8 Å². The molecule has 118 valence electrons. The molecular formula is C17H26O4. The normalized spacial score (nSPS) is 47.9. The fourth-order valence-corrected chi connectivity index (χ4v) is 4.96. The second-order valence-corrected chi connectivity index (χ2v) is 7.86. The number of rotatable bonds is 1. The van der Waals surface area contributed by atoms with Crippen molar-refractivity contribution < 1.29 is 19.1 Å². The summed E-state index contributed by atoms with van der Waals surface area (Å²) in [6.45, 7) is 9.70. The lowest BCUT2D eigenvalue weighted by Crippen LogP contribution is -2.63. The lowest BCUT2D eigenvalue weighted by atomic mass is 9.51. The number of hydrogen-bond acceptors (Lipinski definition) is 4. The Kier molecular flexibility index (Phi) is 3.08. The Morgan fingerprint density at radius 3 is 2.43 bits per heavy atom. The quantitative estimate of drug-likeness (QED) is 0.551. The molecule has 0 aromatic rings. The Morgan fingerprint density at radius 1 is 1.29 bits per heavy atom. The van der Waals surface area contributed by atoms with Crippen molar-refractivity contribution in [3.05, 3.63) is 0 Å². The SMILES string of the molecule is CC(=O)OC1C2(C)C(C)CCCC2CC(=O)C12OC2(C)C. The molecule has 2 aliphatic carbocycles. The number of hydrogen-bond donors (Lipinski definition) is 0. The van der Waals surface area contributed by atoms with Crippen LogP contribution in [0.4, 0.5) is 0 Å². The molecule has 4 heteroatoms. The Morgan fingerprint density at radius 2 is 1.90 bits per heavy atom. The Hall–Kier alpha value is -0.900. The largest absolute Gasteiger partial charge is 0.458 e. The highest BCUT2D eigenvalue weighted by atomic mass is 16.7. The third-order valence-electron chi connectivity index (χ3n) is 6.46. The maximum Gasteiger partial charge on any atom is 0.303 e. The summed E-state index contributed by atoms with van der Waals surface area (Å²) in [7, 11) is 0. The zero-order valence-corrected chi connectivity index (χ0v) is 13.7. The van der Waals surface area contributed by atoms with Crippen LogP contribution in [0.15, 0.2) is 0 Å². The predicted octanol–water partition coefficient (Wildman–Crippen LogP) is 2.88. The van der Waals surface area contributed by atoms with Gasteiger partial charge in [0.15, 0.2) is 11.4 Å². The summed E-state index contributed by atoms with van der Waals surface area (Å²) in [5.74, 6) is 0.516. The number of esters is 1. The highest BCUT2D eigenvalue weighted by Crippen LogP contribution is 2.65. The van der Waals surface area contributed by atoms with Crippen LogP contribution in [0.2, 0.25) is 0 Å². The van der Waals surface area contributed by atoms with Gasteiger partial charge < -0.3 is 9.47 Å². The first kappa shape index (κ1) is 15.0. The van der Waals surface area contributed by atoms with Crippen molar-refractivity contribution in [1.29, 1.82) is 0 Å². The number of ketones is 1. The second-order valence-electron chi connectivity index (χ2n) is 7.86. The Balaban J connectivity index is 2.08. The summed E-state index contributed by atoms with van der Waals surface area (Å²) in [6.07, 6.45) is 3.41. The van der Waals surface area contributed by atoms with Crippen molar-refractivity contribution in [2.45, 2.75) is 77.6 Å². The molecule has 1 aliphatic heterocycles. The van der Waals surface area contributed by atoms with E-state index in [1.807, 2.05) is 13.8 Å². The lowest BCUT2D eigenvalue weighted by molar-refractivity contribution is -0.186. The first-order valence-corrected chi connectivity index (χ1v) is 8.07. The Bertz CT molecular complexity index is 497. The highest BCUT2D eigenvalue weighted by molar-refractivity contribution is 5.94. The van der Waals surface area contributed by atoms with Crippen LogP contribution < -0.4 is 0 Å². The molecule has 1 spiro atoms. The topological polar surface area (TPSA) is 55.9 Å². The van der Waals surface area contributed by atoms with E-state index in [9.17, 15) is 9.59 Å². The van der Waals surface area contributed by atoms with Crippen LogP contribution >= 0.6 is 0 Å². The maximum atomic E-state index is 12.8. The molecule has 5 unspecified atom stereocenters. The molecule has 2 saturated carbocycles. The molecule has 0 bridgehead atoms. The van der Waals surface area contributed by atoms with Crippen LogP contribution in [0.3, 0.4) is 0 Å². The van der Waals surface area contributed by atoms with Crippen LogP contribution in [-0.4, -0.2) is 29.1 Å². The van der Waals surface area contributed by atoms with E-state index in [0.717, 1.165) is 19.3 Å². The number of fused-ring (bicyclic) bond motifs is 1. The fourth-order valence-electron chi connectivity index (χ4n) is 4.96. The van der Waals surface area contributed by atoms with Gasteiger partial charge in [-0.15, -0.1) is 0 Å². The fraction of sp³-hybridized carbons (Fsp3) is 0.882. The van der Waals surface area contributed by atoms with E-state index in [1.54, 1.807) is 0 Å². The molecule has 0 amide bonds. The summed E-state index contributed by atoms with van der Waals surface area (Å²) in [5, 5.41) is 0. The molecule has 3 aliphatic rings. The van der Waals surface area contributed by atoms with Crippen LogP contribution in [0.5, 0.6) is 0 Å². The summed E-state index contributed by atoms with van der Waals surface area (Å²) in [6, 6.07) is 0. The van der Waals surface area contributed by atoms with Crippen molar-refractivity contribution in [2.75, 3.05) is 0 Å². The molecule has 0 aromatic heterocycles. The summed E-state index contributed by atoms with van der Waals surface area (Å²) in [5.41, 5.74) is -1.63. The molecule has 1 saturated heterocycles. The lowest BCUT2D eigenvalue weighted by Gasteiger charge is -2.54. The molecule has 0 radical (unpaired) electrons. The monoisotopic (exact) mass is 294 g/mol. The van der Waals surface area contributed by atoms with Gasteiger partial charge in [0.2, 0.25) is 0 Å². The molecule has 1 heterocycles. The minimum Gasteiger partial charge on any atom is -0.458 e. The first-order chi connectivity index (χ1) is 9.66. The number of epoxide rings is 1. The van der Waals surface area contributed by atoms with E-state index in [-0.39, 0.29) is 17.2 Å². The van der Waals surface area contributed by atoms with E-state index < -0.39 is 17.3 Å². The summed E-state index contributed by atoms with van der Waals surface area (Å²) < 4.78 is 11.6. The molecule has 5 atom stereocenters. The van der Waals surface area contributed by atoms with Gasteiger partial charge in [-0.05, 0) is 32.1 Å². The average molecular weight is 294 g/mol. The third-order valence-corrected chi connectivity index (χ3v) is 6.46. The molecular weight excluding hydrogens is 268 g/mol. The minimum absolute atomic E-state index is 0.121. The molecule has 3 rings (SSSR count). The second kappa shape index (κ2) is 4.31. The van der Waals surface area contributed by atoms with Gasteiger partial charge in [0.1, 0.15) is 11.7 Å². The number of ether oxygens (including phenoxy) is 2. The van der Waals surface area contributed by atoms with E-state index in [2.05, 4.69) is 13.8 Å². The highest BCUT2D eigenvalue weighted by Gasteiger charge is 2.80. The zero-order valence-electron chi connectivity index (χ0n) is 13.7. The molecule has 3 fully saturated rings. The molecule has 21 heavy (non-hydrogen) atoms. The van der Waals surface area contributed by atoms with Gasteiger partial charge >= 0.3 is 5.97 Å². The van der Waals surface area contributed by atoms with E-state index in [1.165, 1.54) is 6.92 Å². The van der Waals surface area contributed by atoms with Crippen molar-refractivity contribution in [3.63, 3.8) is 0 Å². The van der Waals surface area contributed by atoms with Crippen molar-refractivity contribution in [2.24, 2.45) is 17.3 Å². The van der Waals surface area contributed by atoms with Gasteiger partial charge in [-0.3, -0.25) is 9.59 Å². The van der Waals surface area contributed by atoms with E-state index in [4.69, 9.17) is 9.47 Å². The summed E-state index contributed by atoms with van der Waals surface area (Å²) in [4.78, 5) is 24.5. The van der Waals surface area contributed by atoms with Crippen LogP contribution in [-0.2, 0) is 19.1 Å². The minimum atomic E-state index is -0.921. The molecule has 0 aromatic carbocycles. The van der Waals surface area contributed by atoms with Crippen molar-refractivity contribution >= 4 is 11.8 Å². The van der Waals surface area contributed by atoms with E-state index >= 15 is 0 Å². The predicted molar refractivity (Wildman–Crippen MR) is 77.7 cm³/mol. The summed E-state index contributed by atoms with van der Waals surface area (Å²) >= 11 is 0. The molecule has 4 nitrogen and oxygen atoms in total. The average Bonchev–Trinajstić information content (AvgIpc) is 2.94. The number of carbonyl (C=O) groups is 2. The maximum absolute atomic E-state index is 12.8. The van der Waals surface area contributed by atoms with Crippen LogP contribution in [0.1, 0.15) is 60.3 Å². The zero-order chi connectivity index (χ0) is 15.6. The van der Waals surface area contributed by atoms with Gasteiger partial charge in [-0.25, -0.2) is 0 Å². The third kappa shape index (κ3) is 1.77. The van der Waals surface area contributed by atoms with Crippen molar-refractivity contribution in [1.82, 2.24) is 0 Å². The van der Waals surface area contributed by atoms with Gasteiger partial charge in [0.25, 0.3) is 0 Å². The van der Waals surface area contributed by atoms with Gasteiger partial charge in [-0.1, -0.05) is 26.7 Å². The number of carbonyl (C=O) groups excluding carboxylic acids is 2. The standard InChI is InChI=1S/C17H26O4/c1-10-7-6-8-12-9-13(19)17(15(3,4)21-17)14(16(10,12)5)20-11(2)18/h10,12,14H,6-9H2,1-5H3. The van der Waals surface area contributed by atoms with Crippen LogP contribution in [0, 0.1) is 17.3 Å². The Labute approximate surface area is 126 Å².